The molecule has 2 rings (SSSR count). The SMILES string of the molecule is CCCC(O)CCC1C(C)CCCC1(C)C.COc1ccccc1O. The van der Waals surface area contributed by atoms with E-state index in [1.165, 1.54) is 32.8 Å². The van der Waals surface area contributed by atoms with E-state index in [0.29, 0.717) is 11.2 Å². The van der Waals surface area contributed by atoms with Gasteiger partial charge in [-0.1, -0.05) is 59.1 Å². The van der Waals surface area contributed by atoms with E-state index in [0.717, 1.165) is 31.1 Å². The average Bonchev–Trinajstić information content (AvgIpc) is 2.55. The summed E-state index contributed by atoms with van der Waals surface area (Å²) in [6.45, 7) is 9.38. The van der Waals surface area contributed by atoms with Crippen molar-refractivity contribution in [2.75, 3.05) is 7.11 Å². The van der Waals surface area contributed by atoms with Crippen LogP contribution in [0.2, 0.25) is 0 Å². The van der Waals surface area contributed by atoms with Gasteiger partial charge in [0.15, 0.2) is 11.5 Å². The topological polar surface area (TPSA) is 49.7 Å². The van der Waals surface area contributed by atoms with Crippen LogP contribution >= 0.6 is 0 Å². The van der Waals surface area contributed by atoms with Gasteiger partial charge in [-0.3, -0.25) is 0 Å². The Hall–Kier alpha value is -1.22. The van der Waals surface area contributed by atoms with Crippen LogP contribution in [-0.4, -0.2) is 23.4 Å². The lowest BCUT2D eigenvalue weighted by Crippen LogP contribution is -2.34. The summed E-state index contributed by atoms with van der Waals surface area (Å²) in [6, 6.07) is 6.84. The van der Waals surface area contributed by atoms with Crippen LogP contribution in [0.25, 0.3) is 0 Å². The lowest BCUT2D eigenvalue weighted by atomic mass is 9.62. The molecule has 144 valence electrons. The van der Waals surface area contributed by atoms with Gasteiger partial charge in [-0.05, 0) is 55.1 Å². The number of phenols is 1. The molecule has 3 heteroatoms. The van der Waals surface area contributed by atoms with Gasteiger partial charge in [-0.2, -0.15) is 0 Å². The molecular weight excluding hydrogens is 312 g/mol. The van der Waals surface area contributed by atoms with E-state index in [4.69, 9.17) is 9.84 Å². The molecule has 1 saturated carbocycles. The normalized spacial score (nSPS) is 23.3. The summed E-state index contributed by atoms with van der Waals surface area (Å²) in [5.41, 5.74) is 0.490. The maximum atomic E-state index is 9.84. The van der Waals surface area contributed by atoms with Gasteiger partial charge in [-0.15, -0.1) is 0 Å². The van der Waals surface area contributed by atoms with E-state index in [2.05, 4.69) is 27.7 Å². The van der Waals surface area contributed by atoms with Gasteiger partial charge >= 0.3 is 0 Å². The molecule has 3 atom stereocenters. The number of aliphatic hydroxyl groups is 1. The van der Waals surface area contributed by atoms with E-state index in [-0.39, 0.29) is 11.9 Å². The minimum atomic E-state index is -0.0603. The molecule has 1 aliphatic rings. The molecule has 0 radical (unpaired) electrons. The Morgan fingerprint density at radius 2 is 1.92 bits per heavy atom. The van der Waals surface area contributed by atoms with Crippen molar-refractivity contribution >= 4 is 0 Å². The third kappa shape index (κ3) is 7.27. The first kappa shape index (κ1) is 21.8. The molecule has 0 heterocycles. The van der Waals surface area contributed by atoms with E-state index in [1.807, 2.05) is 0 Å². The maximum absolute atomic E-state index is 9.84. The van der Waals surface area contributed by atoms with Gasteiger partial charge in [0.2, 0.25) is 0 Å². The Balaban J connectivity index is 0.000000293. The number of methoxy groups -OCH3 is 1. The predicted molar refractivity (Wildman–Crippen MR) is 105 cm³/mol. The zero-order valence-electron chi connectivity index (χ0n) is 16.8. The van der Waals surface area contributed by atoms with Crippen LogP contribution in [0, 0.1) is 17.3 Å². The third-order valence-electron chi connectivity index (χ3n) is 5.69. The van der Waals surface area contributed by atoms with Crippen molar-refractivity contribution in [1.82, 2.24) is 0 Å². The quantitative estimate of drug-likeness (QED) is 0.682. The van der Waals surface area contributed by atoms with Crippen LogP contribution < -0.4 is 4.74 Å². The van der Waals surface area contributed by atoms with Gasteiger partial charge in [0.25, 0.3) is 0 Å². The Morgan fingerprint density at radius 1 is 1.24 bits per heavy atom. The van der Waals surface area contributed by atoms with Crippen LogP contribution in [-0.2, 0) is 0 Å². The smallest absolute Gasteiger partial charge is 0.160 e. The molecule has 3 nitrogen and oxygen atoms in total. The molecule has 0 aliphatic heterocycles. The maximum Gasteiger partial charge on any atom is 0.160 e. The largest absolute Gasteiger partial charge is 0.504 e. The second kappa shape index (κ2) is 10.7. The third-order valence-corrected chi connectivity index (χ3v) is 5.69. The molecule has 0 aromatic heterocycles. The van der Waals surface area contributed by atoms with Crippen LogP contribution in [0.1, 0.15) is 72.6 Å². The summed E-state index contributed by atoms with van der Waals surface area (Å²) in [4.78, 5) is 0. The number of aliphatic hydroxyl groups excluding tert-OH is 1. The molecule has 3 unspecified atom stereocenters. The summed E-state index contributed by atoms with van der Waals surface area (Å²) in [6.07, 6.45) is 8.38. The van der Waals surface area contributed by atoms with Crippen molar-refractivity contribution in [2.45, 2.75) is 78.7 Å². The highest BCUT2D eigenvalue weighted by Gasteiger charge is 2.36. The molecule has 1 aliphatic carbocycles. The first-order chi connectivity index (χ1) is 11.8. The fourth-order valence-corrected chi connectivity index (χ4v) is 4.19. The number of benzene rings is 1. The summed E-state index contributed by atoms with van der Waals surface area (Å²) in [5.74, 6) is 2.35. The molecular formula is C22H38O3. The highest BCUT2D eigenvalue weighted by atomic mass is 16.5. The predicted octanol–water partition coefficient (Wildman–Crippen LogP) is 5.79. The van der Waals surface area contributed by atoms with Crippen molar-refractivity contribution in [3.8, 4) is 11.5 Å². The first-order valence-corrected chi connectivity index (χ1v) is 9.81. The van der Waals surface area contributed by atoms with Crippen LogP contribution in [0.15, 0.2) is 24.3 Å². The Morgan fingerprint density at radius 3 is 2.44 bits per heavy atom. The Bertz CT molecular complexity index is 484. The number of phenolic OH excluding ortho intramolecular Hbond substituents is 1. The molecule has 25 heavy (non-hydrogen) atoms. The van der Waals surface area contributed by atoms with Crippen molar-refractivity contribution in [2.24, 2.45) is 17.3 Å². The van der Waals surface area contributed by atoms with E-state index in [1.54, 1.807) is 24.3 Å². The highest BCUT2D eigenvalue weighted by molar-refractivity contribution is 5.37. The lowest BCUT2D eigenvalue weighted by molar-refractivity contribution is 0.0560. The van der Waals surface area contributed by atoms with E-state index >= 15 is 0 Å². The molecule has 0 amide bonds. The number of rotatable bonds is 6. The van der Waals surface area contributed by atoms with Crippen molar-refractivity contribution in [3.63, 3.8) is 0 Å². The molecule has 2 N–H and O–H groups in total. The summed E-state index contributed by atoms with van der Waals surface area (Å²) in [5, 5.41) is 18.8. The number of hydrogen-bond donors (Lipinski definition) is 2. The van der Waals surface area contributed by atoms with Crippen LogP contribution in [0.5, 0.6) is 11.5 Å². The minimum Gasteiger partial charge on any atom is -0.504 e. The highest BCUT2D eigenvalue weighted by Crippen LogP contribution is 2.46. The average molecular weight is 351 g/mol. The second-order valence-corrected chi connectivity index (χ2v) is 8.16. The van der Waals surface area contributed by atoms with Crippen LogP contribution in [0.3, 0.4) is 0 Å². The summed E-state index contributed by atoms with van der Waals surface area (Å²) in [7, 11) is 1.52. The zero-order valence-corrected chi connectivity index (χ0v) is 16.8. The van der Waals surface area contributed by atoms with Crippen molar-refractivity contribution in [3.05, 3.63) is 24.3 Å². The monoisotopic (exact) mass is 350 g/mol. The van der Waals surface area contributed by atoms with Gasteiger partial charge in [0, 0.05) is 0 Å². The minimum absolute atomic E-state index is 0.0603. The Labute approximate surface area is 154 Å². The number of aromatic hydroxyl groups is 1. The second-order valence-electron chi connectivity index (χ2n) is 8.16. The molecule has 1 fully saturated rings. The van der Waals surface area contributed by atoms with Crippen LogP contribution in [0.4, 0.5) is 0 Å². The zero-order chi connectivity index (χ0) is 18.9. The van der Waals surface area contributed by atoms with Crippen molar-refractivity contribution < 1.29 is 14.9 Å². The van der Waals surface area contributed by atoms with E-state index < -0.39 is 0 Å². The fraction of sp³-hybridized carbons (Fsp3) is 0.727. The van der Waals surface area contributed by atoms with Gasteiger partial charge < -0.3 is 14.9 Å². The molecule has 1 aromatic carbocycles. The fourth-order valence-electron chi connectivity index (χ4n) is 4.19. The Kier molecular flexibility index (Phi) is 9.34. The van der Waals surface area contributed by atoms with E-state index in [9.17, 15) is 5.11 Å². The summed E-state index contributed by atoms with van der Waals surface area (Å²) >= 11 is 0. The molecule has 0 saturated heterocycles. The van der Waals surface area contributed by atoms with Gasteiger partial charge in [0.1, 0.15) is 0 Å². The number of ether oxygens (including phenoxy) is 1. The standard InChI is InChI=1S/C15H30O.C7H8O2/c1-5-7-13(16)9-10-14-12(2)8-6-11-15(14,3)4;1-9-7-5-3-2-4-6(7)8/h12-14,16H,5-11H2,1-4H3;2-5,8H,1H3. The first-order valence-electron chi connectivity index (χ1n) is 9.81. The van der Waals surface area contributed by atoms with Crippen molar-refractivity contribution in [1.29, 1.82) is 0 Å². The van der Waals surface area contributed by atoms with Gasteiger partial charge in [0.05, 0.1) is 13.2 Å². The number of hydrogen-bond acceptors (Lipinski definition) is 3. The molecule has 1 aromatic rings. The summed E-state index contributed by atoms with van der Waals surface area (Å²) < 4.78 is 4.79. The lowest BCUT2D eigenvalue weighted by Gasteiger charge is -2.43. The van der Waals surface area contributed by atoms with Gasteiger partial charge in [-0.25, -0.2) is 0 Å². The molecule has 0 spiro atoms. The number of para-hydroxylation sites is 2. The molecule has 0 bridgehead atoms.